The van der Waals surface area contributed by atoms with Gasteiger partial charge in [0.2, 0.25) is 0 Å². The molecule has 1 aromatic carbocycles. The summed E-state index contributed by atoms with van der Waals surface area (Å²) in [5.74, 6) is 0.714. The second kappa shape index (κ2) is 5.46. The van der Waals surface area contributed by atoms with Crippen molar-refractivity contribution in [3.05, 3.63) is 40.1 Å². The summed E-state index contributed by atoms with van der Waals surface area (Å²) in [6.07, 6.45) is 3.23. The molecule has 0 unspecified atom stereocenters. The normalized spacial score (nSPS) is 10.2. The summed E-state index contributed by atoms with van der Waals surface area (Å²) in [6, 6.07) is 5.35. The third-order valence-electron chi connectivity index (χ3n) is 2.36. The Labute approximate surface area is 118 Å². The zero-order chi connectivity index (χ0) is 13.1. The van der Waals surface area contributed by atoms with Gasteiger partial charge in [0.1, 0.15) is 5.75 Å². The number of halogens is 2. The van der Waals surface area contributed by atoms with E-state index in [4.69, 9.17) is 22.1 Å². The number of nitrogens with zero attached hydrogens (tertiary/aromatic N) is 1. The number of anilines is 3. The van der Waals surface area contributed by atoms with Gasteiger partial charge in [-0.2, -0.15) is 0 Å². The first-order chi connectivity index (χ1) is 8.61. The van der Waals surface area contributed by atoms with E-state index in [1.807, 2.05) is 0 Å². The fourth-order valence-electron chi connectivity index (χ4n) is 1.44. The highest BCUT2D eigenvalue weighted by Crippen LogP contribution is 2.34. The number of nitrogens with two attached hydrogens (primary N) is 1. The van der Waals surface area contributed by atoms with Crippen LogP contribution in [0.15, 0.2) is 35.1 Å². The van der Waals surface area contributed by atoms with Gasteiger partial charge >= 0.3 is 0 Å². The van der Waals surface area contributed by atoms with Crippen molar-refractivity contribution in [3.8, 4) is 5.75 Å². The maximum Gasteiger partial charge on any atom is 0.121 e. The summed E-state index contributed by atoms with van der Waals surface area (Å²) < 4.78 is 5.92. The minimum absolute atomic E-state index is 0.531. The van der Waals surface area contributed by atoms with Gasteiger partial charge in [0.25, 0.3) is 0 Å². The molecule has 0 bridgehead atoms. The first-order valence-corrected chi connectivity index (χ1v) is 6.28. The van der Waals surface area contributed by atoms with Crippen LogP contribution in [-0.2, 0) is 0 Å². The fourth-order valence-corrected chi connectivity index (χ4v) is 2.05. The minimum atomic E-state index is 0.531. The summed E-state index contributed by atoms with van der Waals surface area (Å²) in [6.45, 7) is 0. The quantitative estimate of drug-likeness (QED) is 0.899. The van der Waals surface area contributed by atoms with E-state index in [9.17, 15) is 0 Å². The van der Waals surface area contributed by atoms with Crippen molar-refractivity contribution in [1.82, 2.24) is 4.98 Å². The maximum absolute atomic E-state index is 6.12. The number of hydrogen-bond acceptors (Lipinski definition) is 4. The number of nitrogen functional groups attached to an aromatic ring is 1. The number of methoxy groups -OCH3 is 1. The van der Waals surface area contributed by atoms with Crippen LogP contribution in [0.1, 0.15) is 0 Å². The van der Waals surface area contributed by atoms with Crippen LogP contribution in [0.25, 0.3) is 0 Å². The van der Waals surface area contributed by atoms with Crippen LogP contribution in [0.3, 0.4) is 0 Å². The van der Waals surface area contributed by atoms with Crippen molar-refractivity contribution < 1.29 is 4.74 Å². The van der Waals surface area contributed by atoms with Crippen LogP contribution < -0.4 is 15.8 Å². The molecule has 2 aromatic rings. The smallest absolute Gasteiger partial charge is 0.121 e. The standard InChI is InChI=1S/C12H11BrClN3O/c1-18-7-2-3-9(14)11(4-7)17-12-8(13)5-16-6-10(12)15/h2-6H,15H2,1H3,(H,16,17). The Balaban J connectivity index is 2.39. The molecule has 1 aromatic heterocycles. The van der Waals surface area contributed by atoms with Crippen molar-refractivity contribution in [2.75, 3.05) is 18.2 Å². The van der Waals surface area contributed by atoms with E-state index in [0.717, 1.165) is 15.8 Å². The van der Waals surface area contributed by atoms with Gasteiger partial charge in [-0.1, -0.05) is 11.6 Å². The van der Waals surface area contributed by atoms with E-state index in [0.29, 0.717) is 16.5 Å². The van der Waals surface area contributed by atoms with Crippen LogP contribution in [0.4, 0.5) is 17.1 Å². The molecule has 2 rings (SSSR count). The summed E-state index contributed by atoms with van der Waals surface area (Å²) in [5, 5.41) is 3.74. The first kappa shape index (κ1) is 13.0. The Morgan fingerprint density at radius 3 is 2.83 bits per heavy atom. The van der Waals surface area contributed by atoms with E-state index < -0.39 is 0 Å². The predicted octanol–water partition coefficient (Wildman–Crippen LogP) is 3.83. The second-order valence-electron chi connectivity index (χ2n) is 3.56. The van der Waals surface area contributed by atoms with E-state index >= 15 is 0 Å². The average Bonchev–Trinajstić information content (AvgIpc) is 2.36. The van der Waals surface area contributed by atoms with Gasteiger partial charge < -0.3 is 15.8 Å². The highest BCUT2D eigenvalue weighted by molar-refractivity contribution is 9.10. The van der Waals surface area contributed by atoms with Crippen LogP contribution in [0.5, 0.6) is 5.75 Å². The summed E-state index contributed by atoms with van der Waals surface area (Å²) in [4.78, 5) is 3.97. The lowest BCUT2D eigenvalue weighted by molar-refractivity contribution is 0.415. The molecule has 0 amide bonds. The molecule has 1 heterocycles. The molecule has 18 heavy (non-hydrogen) atoms. The van der Waals surface area contributed by atoms with Crippen molar-refractivity contribution in [2.45, 2.75) is 0 Å². The molecule has 3 N–H and O–H groups in total. The molecule has 94 valence electrons. The lowest BCUT2D eigenvalue weighted by atomic mass is 10.2. The highest BCUT2D eigenvalue weighted by atomic mass is 79.9. The molecule has 0 aliphatic heterocycles. The van der Waals surface area contributed by atoms with E-state index in [1.165, 1.54) is 0 Å². The zero-order valence-electron chi connectivity index (χ0n) is 9.58. The number of aromatic nitrogens is 1. The van der Waals surface area contributed by atoms with Crippen LogP contribution in [0, 0.1) is 0 Å². The van der Waals surface area contributed by atoms with Crippen molar-refractivity contribution in [2.24, 2.45) is 0 Å². The number of rotatable bonds is 3. The lowest BCUT2D eigenvalue weighted by Crippen LogP contribution is -1.99. The van der Waals surface area contributed by atoms with Crippen molar-refractivity contribution in [3.63, 3.8) is 0 Å². The van der Waals surface area contributed by atoms with E-state index in [2.05, 4.69) is 26.2 Å². The number of benzene rings is 1. The SMILES string of the molecule is COc1ccc(Cl)c(Nc2c(N)cncc2Br)c1. The van der Waals surface area contributed by atoms with Gasteiger partial charge in [0.05, 0.1) is 39.9 Å². The number of ether oxygens (including phenoxy) is 1. The molecular weight excluding hydrogens is 318 g/mol. The van der Waals surface area contributed by atoms with Gasteiger partial charge in [-0.05, 0) is 28.1 Å². The Morgan fingerprint density at radius 2 is 2.17 bits per heavy atom. The molecule has 6 heteroatoms. The summed E-state index contributed by atoms with van der Waals surface area (Å²) in [7, 11) is 1.60. The third kappa shape index (κ3) is 2.68. The van der Waals surface area contributed by atoms with Crippen molar-refractivity contribution in [1.29, 1.82) is 0 Å². The van der Waals surface area contributed by atoms with E-state index in [-0.39, 0.29) is 0 Å². The summed E-state index contributed by atoms with van der Waals surface area (Å²) >= 11 is 9.50. The Hall–Kier alpha value is -1.46. The van der Waals surface area contributed by atoms with Crippen LogP contribution in [-0.4, -0.2) is 12.1 Å². The highest BCUT2D eigenvalue weighted by Gasteiger charge is 2.08. The molecule has 0 aliphatic carbocycles. The van der Waals surface area contributed by atoms with Gasteiger partial charge in [-0.25, -0.2) is 0 Å². The predicted molar refractivity (Wildman–Crippen MR) is 77.6 cm³/mol. The number of nitrogens with one attached hydrogen (secondary N) is 1. The average molecular weight is 329 g/mol. The van der Waals surface area contributed by atoms with Crippen LogP contribution in [0.2, 0.25) is 5.02 Å². The third-order valence-corrected chi connectivity index (χ3v) is 3.29. The second-order valence-corrected chi connectivity index (χ2v) is 4.82. The fraction of sp³-hybridized carbons (Fsp3) is 0.0833. The Morgan fingerprint density at radius 1 is 1.39 bits per heavy atom. The van der Waals surface area contributed by atoms with Gasteiger partial charge in [0, 0.05) is 12.3 Å². The molecule has 0 saturated heterocycles. The van der Waals surface area contributed by atoms with Crippen LogP contribution >= 0.6 is 27.5 Å². The molecule has 4 nitrogen and oxygen atoms in total. The zero-order valence-corrected chi connectivity index (χ0v) is 11.9. The minimum Gasteiger partial charge on any atom is -0.497 e. The number of pyridine rings is 1. The Kier molecular flexibility index (Phi) is 3.93. The molecule has 0 spiro atoms. The first-order valence-electron chi connectivity index (χ1n) is 5.11. The van der Waals surface area contributed by atoms with Gasteiger partial charge in [0.15, 0.2) is 0 Å². The van der Waals surface area contributed by atoms with E-state index in [1.54, 1.807) is 37.7 Å². The molecular formula is C12H11BrClN3O. The Bertz CT molecular complexity index is 557. The molecule has 0 atom stereocenters. The largest absolute Gasteiger partial charge is 0.497 e. The molecule has 0 fully saturated rings. The number of hydrogen-bond donors (Lipinski definition) is 2. The maximum atomic E-state index is 6.12. The molecule has 0 radical (unpaired) electrons. The van der Waals surface area contributed by atoms with Crippen molar-refractivity contribution >= 4 is 44.6 Å². The molecule has 0 saturated carbocycles. The van der Waals surface area contributed by atoms with Gasteiger partial charge in [-0.3, -0.25) is 4.98 Å². The topological polar surface area (TPSA) is 60.2 Å². The molecule has 0 aliphatic rings. The lowest BCUT2D eigenvalue weighted by Gasteiger charge is -2.13. The monoisotopic (exact) mass is 327 g/mol. The van der Waals surface area contributed by atoms with Gasteiger partial charge in [-0.15, -0.1) is 0 Å². The summed E-state index contributed by atoms with van der Waals surface area (Å²) in [5.41, 5.74) is 7.83.